The van der Waals surface area contributed by atoms with Crippen molar-refractivity contribution in [2.75, 3.05) is 36.4 Å². The van der Waals surface area contributed by atoms with Gasteiger partial charge < -0.3 is 15.1 Å². The summed E-state index contributed by atoms with van der Waals surface area (Å²) in [5.74, 6) is -0.235. The van der Waals surface area contributed by atoms with Crippen LogP contribution in [0.4, 0.5) is 20.6 Å². The van der Waals surface area contributed by atoms with E-state index in [-0.39, 0.29) is 11.8 Å². The Kier molecular flexibility index (Phi) is 4.81. The van der Waals surface area contributed by atoms with Crippen molar-refractivity contribution >= 4 is 33.3 Å². The number of carbonyl (C=O) groups excluding carboxylic acids is 1. The number of amides is 2. The maximum Gasteiger partial charge on any atom is 0.321 e. The maximum atomic E-state index is 13.0. The van der Waals surface area contributed by atoms with Gasteiger partial charge in [0.05, 0.1) is 0 Å². The molecule has 3 rings (SSSR count). The van der Waals surface area contributed by atoms with Gasteiger partial charge in [0.15, 0.2) is 0 Å². The van der Waals surface area contributed by atoms with Crippen LogP contribution < -0.4 is 10.2 Å². The highest BCUT2D eigenvalue weighted by atomic mass is 79.9. The van der Waals surface area contributed by atoms with Gasteiger partial charge in [0.1, 0.15) is 5.82 Å². The Morgan fingerprint density at radius 1 is 0.957 bits per heavy atom. The molecule has 2 aromatic rings. The Morgan fingerprint density at radius 2 is 1.57 bits per heavy atom. The maximum absolute atomic E-state index is 13.0. The van der Waals surface area contributed by atoms with Gasteiger partial charge in [-0.15, -0.1) is 0 Å². The summed E-state index contributed by atoms with van der Waals surface area (Å²) in [4.78, 5) is 16.2. The smallest absolute Gasteiger partial charge is 0.321 e. The van der Waals surface area contributed by atoms with Crippen LogP contribution in [0.25, 0.3) is 0 Å². The number of nitrogens with zero attached hydrogens (tertiary/aromatic N) is 2. The predicted octanol–water partition coefficient (Wildman–Crippen LogP) is 3.94. The van der Waals surface area contributed by atoms with Gasteiger partial charge in [-0.1, -0.05) is 15.9 Å². The molecule has 0 bridgehead atoms. The molecule has 2 amide bonds. The molecule has 0 spiro atoms. The summed E-state index contributed by atoms with van der Waals surface area (Å²) < 4.78 is 13.9. The SMILES string of the molecule is O=C(Nc1ccc(Br)cc1)N1CCN(c2ccc(F)cc2)CC1. The van der Waals surface area contributed by atoms with Crippen molar-refractivity contribution in [3.8, 4) is 0 Å². The second-order valence-corrected chi connectivity index (χ2v) is 6.30. The largest absolute Gasteiger partial charge is 0.368 e. The van der Waals surface area contributed by atoms with E-state index in [1.54, 1.807) is 17.0 Å². The van der Waals surface area contributed by atoms with Gasteiger partial charge in [0.25, 0.3) is 0 Å². The number of piperazine rings is 1. The average Bonchev–Trinajstić information content (AvgIpc) is 2.58. The molecule has 4 nitrogen and oxygen atoms in total. The molecular formula is C17H17BrFN3O. The summed E-state index contributed by atoms with van der Waals surface area (Å²) in [6.07, 6.45) is 0. The first-order chi connectivity index (χ1) is 11.1. The number of hydrogen-bond donors (Lipinski definition) is 1. The fraction of sp³-hybridized carbons (Fsp3) is 0.235. The minimum atomic E-state index is -0.235. The van der Waals surface area contributed by atoms with Crippen molar-refractivity contribution in [3.05, 3.63) is 58.8 Å². The molecule has 23 heavy (non-hydrogen) atoms. The molecule has 0 aromatic heterocycles. The Morgan fingerprint density at radius 3 is 2.17 bits per heavy atom. The minimum Gasteiger partial charge on any atom is -0.368 e. The number of carbonyl (C=O) groups is 1. The van der Waals surface area contributed by atoms with Crippen LogP contribution >= 0.6 is 15.9 Å². The van der Waals surface area contributed by atoms with Crippen molar-refractivity contribution in [3.63, 3.8) is 0 Å². The van der Waals surface area contributed by atoms with Gasteiger partial charge in [0, 0.05) is 42.0 Å². The van der Waals surface area contributed by atoms with E-state index < -0.39 is 0 Å². The van der Waals surface area contributed by atoms with Crippen molar-refractivity contribution in [2.24, 2.45) is 0 Å². The van der Waals surface area contributed by atoms with Crippen molar-refractivity contribution in [2.45, 2.75) is 0 Å². The fourth-order valence-electron chi connectivity index (χ4n) is 2.56. The molecular weight excluding hydrogens is 361 g/mol. The zero-order valence-electron chi connectivity index (χ0n) is 12.5. The van der Waals surface area contributed by atoms with E-state index in [1.807, 2.05) is 24.3 Å². The van der Waals surface area contributed by atoms with Crippen LogP contribution in [0.3, 0.4) is 0 Å². The highest BCUT2D eigenvalue weighted by Gasteiger charge is 2.21. The summed E-state index contributed by atoms with van der Waals surface area (Å²) in [6, 6.07) is 13.9. The van der Waals surface area contributed by atoms with Gasteiger partial charge in [-0.3, -0.25) is 0 Å². The summed E-state index contributed by atoms with van der Waals surface area (Å²) in [6.45, 7) is 2.75. The van der Waals surface area contributed by atoms with E-state index in [4.69, 9.17) is 0 Å². The first-order valence-corrected chi connectivity index (χ1v) is 8.23. The third-order valence-corrected chi connectivity index (χ3v) is 4.38. The lowest BCUT2D eigenvalue weighted by molar-refractivity contribution is 0.208. The molecule has 0 atom stereocenters. The topological polar surface area (TPSA) is 35.6 Å². The second kappa shape index (κ2) is 7.00. The molecule has 120 valence electrons. The molecule has 1 N–H and O–H groups in total. The van der Waals surface area contributed by atoms with Gasteiger partial charge in [-0.05, 0) is 48.5 Å². The van der Waals surface area contributed by atoms with Crippen LogP contribution in [0.2, 0.25) is 0 Å². The van der Waals surface area contributed by atoms with Crippen molar-refractivity contribution < 1.29 is 9.18 Å². The Labute approximate surface area is 143 Å². The Hall–Kier alpha value is -2.08. The summed E-state index contributed by atoms with van der Waals surface area (Å²) in [7, 11) is 0. The lowest BCUT2D eigenvalue weighted by Gasteiger charge is -2.36. The first-order valence-electron chi connectivity index (χ1n) is 7.44. The molecule has 6 heteroatoms. The van der Waals surface area contributed by atoms with Crippen molar-refractivity contribution in [1.82, 2.24) is 4.90 Å². The van der Waals surface area contributed by atoms with E-state index in [9.17, 15) is 9.18 Å². The lowest BCUT2D eigenvalue weighted by Crippen LogP contribution is -2.50. The zero-order valence-corrected chi connectivity index (χ0v) is 14.1. The van der Waals surface area contributed by atoms with Crippen molar-refractivity contribution in [1.29, 1.82) is 0 Å². The Balaban J connectivity index is 1.54. The van der Waals surface area contributed by atoms with E-state index in [2.05, 4.69) is 26.1 Å². The molecule has 1 saturated heterocycles. The number of halogens is 2. The number of benzene rings is 2. The summed E-state index contributed by atoms with van der Waals surface area (Å²) in [5, 5.41) is 2.90. The minimum absolute atomic E-state index is 0.0916. The molecule has 0 aliphatic carbocycles. The number of rotatable bonds is 2. The highest BCUT2D eigenvalue weighted by Crippen LogP contribution is 2.18. The molecule has 2 aromatic carbocycles. The van der Waals surface area contributed by atoms with Crippen LogP contribution in [0.5, 0.6) is 0 Å². The molecule has 1 heterocycles. The predicted molar refractivity (Wildman–Crippen MR) is 93.3 cm³/mol. The van der Waals surface area contributed by atoms with Crippen LogP contribution in [0, 0.1) is 5.82 Å². The van der Waals surface area contributed by atoms with Gasteiger partial charge >= 0.3 is 6.03 Å². The number of nitrogens with one attached hydrogen (secondary N) is 1. The molecule has 1 aliphatic heterocycles. The van der Waals surface area contributed by atoms with Crippen LogP contribution in [0.1, 0.15) is 0 Å². The van der Waals surface area contributed by atoms with Crippen LogP contribution in [-0.4, -0.2) is 37.1 Å². The number of hydrogen-bond acceptors (Lipinski definition) is 2. The second-order valence-electron chi connectivity index (χ2n) is 5.39. The zero-order chi connectivity index (χ0) is 16.2. The third kappa shape index (κ3) is 4.01. The van der Waals surface area contributed by atoms with Crippen LogP contribution in [0.15, 0.2) is 53.0 Å². The fourth-order valence-corrected chi connectivity index (χ4v) is 2.82. The van der Waals surface area contributed by atoms with E-state index >= 15 is 0 Å². The Bertz CT molecular complexity index is 667. The van der Waals surface area contributed by atoms with Crippen LogP contribution in [-0.2, 0) is 0 Å². The molecule has 1 fully saturated rings. The normalized spacial score (nSPS) is 14.7. The standard InChI is InChI=1S/C17H17BrFN3O/c18-13-1-5-15(6-2-13)20-17(23)22-11-9-21(10-12-22)16-7-3-14(19)4-8-16/h1-8H,9-12H2,(H,20,23). The van der Waals surface area contributed by atoms with Gasteiger partial charge in [-0.25, -0.2) is 9.18 Å². The molecule has 0 radical (unpaired) electrons. The number of anilines is 2. The van der Waals surface area contributed by atoms with Gasteiger partial charge in [0.2, 0.25) is 0 Å². The van der Waals surface area contributed by atoms with E-state index in [0.29, 0.717) is 13.1 Å². The quantitative estimate of drug-likeness (QED) is 0.859. The molecule has 0 unspecified atom stereocenters. The summed E-state index contributed by atoms with van der Waals surface area (Å²) >= 11 is 3.37. The number of urea groups is 1. The highest BCUT2D eigenvalue weighted by molar-refractivity contribution is 9.10. The summed E-state index contributed by atoms with van der Waals surface area (Å²) in [5.41, 5.74) is 1.76. The third-order valence-electron chi connectivity index (χ3n) is 3.85. The van der Waals surface area contributed by atoms with E-state index in [1.165, 1.54) is 12.1 Å². The molecule has 1 aliphatic rings. The monoisotopic (exact) mass is 377 g/mol. The first kappa shape index (κ1) is 15.8. The molecule has 0 saturated carbocycles. The average molecular weight is 378 g/mol. The lowest BCUT2D eigenvalue weighted by atomic mass is 10.2. The van der Waals surface area contributed by atoms with E-state index in [0.717, 1.165) is 28.9 Å². The van der Waals surface area contributed by atoms with Gasteiger partial charge in [-0.2, -0.15) is 0 Å².